The summed E-state index contributed by atoms with van der Waals surface area (Å²) in [5.41, 5.74) is 0.747. The number of ether oxygens (including phenoxy) is 2. The summed E-state index contributed by atoms with van der Waals surface area (Å²) >= 11 is 2.21. The van der Waals surface area contributed by atoms with Crippen LogP contribution < -0.4 is 10.1 Å². The second-order valence-corrected chi connectivity index (χ2v) is 4.94. The van der Waals surface area contributed by atoms with Crippen LogP contribution in [0.15, 0.2) is 30.3 Å². The molecule has 0 aromatic heterocycles. The van der Waals surface area contributed by atoms with Crippen molar-refractivity contribution in [3.8, 4) is 5.75 Å². The summed E-state index contributed by atoms with van der Waals surface area (Å²) in [5, 5.41) is 4.87. The molecule has 0 unspecified atom stereocenters. The lowest BCUT2D eigenvalue weighted by Gasteiger charge is -2.10. The van der Waals surface area contributed by atoms with Gasteiger partial charge in [-0.2, -0.15) is 0 Å². The van der Waals surface area contributed by atoms with Crippen LogP contribution in [0.4, 0.5) is 10.5 Å². The van der Waals surface area contributed by atoms with Gasteiger partial charge in [0.1, 0.15) is 5.75 Å². The van der Waals surface area contributed by atoms with E-state index in [2.05, 4.69) is 27.9 Å². The Hall–Kier alpha value is -1.50. The van der Waals surface area contributed by atoms with Crippen molar-refractivity contribution in [1.82, 2.24) is 0 Å². The molecule has 100 valence electrons. The molecule has 0 aliphatic carbocycles. The number of hydrogen-bond acceptors (Lipinski definition) is 3. The minimum Gasteiger partial charge on any atom is -0.497 e. The van der Waals surface area contributed by atoms with Crippen molar-refractivity contribution in [2.75, 3.05) is 19.0 Å². The molecule has 2 aromatic carbocycles. The van der Waals surface area contributed by atoms with E-state index in [1.54, 1.807) is 14.0 Å². The zero-order chi connectivity index (χ0) is 13.8. The predicted octanol–water partition coefficient (Wildman–Crippen LogP) is 4.02. The van der Waals surface area contributed by atoms with Gasteiger partial charge in [-0.25, -0.2) is 4.79 Å². The number of anilines is 1. The first-order valence-electron chi connectivity index (χ1n) is 5.85. The van der Waals surface area contributed by atoms with Gasteiger partial charge in [0.2, 0.25) is 0 Å². The normalized spacial score (nSPS) is 10.3. The third kappa shape index (κ3) is 3.09. The highest BCUT2D eigenvalue weighted by atomic mass is 127. The molecular weight excluding hydrogens is 357 g/mol. The molecule has 2 aromatic rings. The van der Waals surface area contributed by atoms with Gasteiger partial charge in [0.25, 0.3) is 0 Å². The molecule has 5 heteroatoms. The number of fused-ring (bicyclic) bond motifs is 1. The van der Waals surface area contributed by atoms with Gasteiger partial charge in [-0.05, 0) is 64.6 Å². The van der Waals surface area contributed by atoms with Crippen molar-refractivity contribution in [1.29, 1.82) is 0 Å². The summed E-state index contributed by atoms with van der Waals surface area (Å²) < 4.78 is 11.1. The average Bonchev–Trinajstić information content (AvgIpc) is 2.42. The van der Waals surface area contributed by atoms with E-state index in [1.807, 2.05) is 30.3 Å². The van der Waals surface area contributed by atoms with Crippen LogP contribution >= 0.6 is 22.6 Å². The number of amides is 1. The summed E-state index contributed by atoms with van der Waals surface area (Å²) in [6, 6.07) is 9.65. The Morgan fingerprint density at radius 3 is 2.79 bits per heavy atom. The van der Waals surface area contributed by atoms with E-state index in [1.165, 1.54) is 0 Å². The second-order valence-electron chi connectivity index (χ2n) is 3.86. The van der Waals surface area contributed by atoms with E-state index >= 15 is 0 Å². The van der Waals surface area contributed by atoms with Crippen molar-refractivity contribution >= 4 is 45.1 Å². The van der Waals surface area contributed by atoms with Crippen molar-refractivity contribution in [3.63, 3.8) is 0 Å². The number of carbonyl (C=O) groups excluding carboxylic acids is 1. The first kappa shape index (κ1) is 13.9. The molecule has 0 atom stereocenters. The van der Waals surface area contributed by atoms with E-state index in [0.717, 1.165) is 25.8 Å². The Morgan fingerprint density at radius 1 is 1.32 bits per heavy atom. The first-order valence-corrected chi connectivity index (χ1v) is 6.93. The van der Waals surface area contributed by atoms with Gasteiger partial charge in [0.05, 0.1) is 19.4 Å². The van der Waals surface area contributed by atoms with Crippen LogP contribution in [0.3, 0.4) is 0 Å². The lowest BCUT2D eigenvalue weighted by Crippen LogP contribution is -2.14. The van der Waals surface area contributed by atoms with Crippen LogP contribution in [0.1, 0.15) is 6.92 Å². The Morgan fingerprint density at radius 2 is 2.11 bits per heavy atom. The van der Waals surface area contributed by atoms with Crippen LogP contribution in [0.5, 0.6) is 5.75 Å². The van der Waals surface area contributed by atoms with Gasteiger partial charge in [-0.3, -0.25) is 5.32 Å². The van der Waals surface area contributed by atoms with Crippen LogP contribution in [-0.2, 0) is 4.74 Å². The van der Waals surface area contributed by atoms with Gasteiger partial charge < -0.3 is 9.47 Å². The summed E-state index contributed by atoms with van der Waals surface area (Å²) in [5.74, 6) is 0.814. The quantitative estimate of drug-likeness (QED) is 0.830. The standard InChI is InChI=1S/C14H14INO3/c1-3-19-14(17)16-12-7-4-9-8-10(18-2)5-6-11(9)13(12)15/h4-8H,3H2,1-2H3,(H,16,17). The van der Waals surface area contributed by atoms with Crippen molar-refractivity contribution in [3.05, 3.63) is 33.9 Å². The highest BCUT2D eigenvalue weighted by Gasteiger charge is 2.09. The largest absolute Gasteiger partial charge is 0.497 e. The Balaban J connectivity index is 2.37. The van der Waals surface area contributed by atoms with E-state index in [9.17, 15) is 4.79 Å². The summed E-state index contributed by atoms with van der Waals surface area (Å²) in [7, 11) is 1.64. The maximum absolute atomic E-state index is 11.4. The second kappa shape index (κ2) is 6.10. The van der Waals surface area contributed by atoms with Gasteiger partial charge >= 0.3 is 6.09 Å². The number of nitrogens with one attached hydrogen (secondary N) is 1. The Bertz CT molecular complexity index is 613. The van der Waals surface area contributed by atoms with Gasteiger partial charge in [-0.15, -0.1) is 0 Å². The fraction of sp³-hybridized carbons (Fsp3) is 0.214. The fourth-order valence-electron chi connectivity index (χ4n) is 1.77. The topological polar surface area (TPSA) is 47.6 Å². The minimum absolute atomic E-state index is 0.354. The smallest absolute Gasteiger partial charge is 0.411 e. The van der Waals surface area contributed by atoms with Gasteiger partial charge in [0.15, 0.2) is 0 Å². The number of methoxy groups -OCH3 is 1. The van der Waals surface area contributed by atoms with Crippen molar-refractivity contribution in [2.45, 2.75) is 6.92 Å². The van der Waals surface area contributed by atoms with Crippen molar-refractivity contribution in [2.24, 2.45) is 0 Å². The highest BCUT2D eigenvalue weighted by Crippen LogP contribution is 2.30. The number of hydrogen-bond donors (Lipinski definition) is 1. The van der Waals surface area contributed by atoms with Gasteiger partial charge in [0, 0.05) is 3.57 Å². The van der Waals surface area contributed by atoms with E-state index in [0.29, 0.717) is 6.61 Å². The molecule has 0 saturated heterocycles. The van der Waals surface area contributed by atoms with E-state index in [4.69, 9.17) is 9.47 Å². The molecule has 0 heterocycles. The molecule has 0 aliphatic rings. The maximum atomic E-state index is 11.4. The van der Waals surface area contributed by atoms with Crippen LogP contribution in [-0.4, -0.2) is 19.8 Å². The molecule has 1 amide bonds. The summed E-state index contributed by atoms with van der Waals surface area (Å²) in [6.07, 6.45) is -0.437. The molecule has 19 heavy (non-hydrogen) atoms. The maximum Gasteiger partial charge on any atom is 0.411 e. The summed E-state index contributed by atoms with van der Waals surface area (Å²) in [6.45, 7) is 2.13. The number of carbonyl (C=O) groups is 1. The number of rotatable bonds is 3. The Labute approximate surface area is 125 Å². The molecule has 0 fully saturated rings. The van der Waals surface area contributed by atoms with E-state index in [-0.39, 0.29) is 0 Å². The minimum atomic E-state index is -0.437. The molecule has 4 nitrogen and oxygen atoms in total. The van der Waals surface area contributed by atoms with Crippen molar-refractivity contribution < 1.29 is 14.3 Å². The van der Waals surface area contributed by atoms with Gasteiger partial charge in [-0.1, -0.05) is 6.07 Å². The highest BCUT2D eigenvalue weighted by molar-refractivity contribution is 14.1. The number of benzene rings is 2. The predicted molar refractivity (Wildman–Crippen MR) is 83.9 cm³/mol. The zero-order valence-corrected chi connectivity index (χ0v) is 12.9. The molecule has 1 N–H and O–H groups in total. The zero-order valence-electron chi connectivity index (χ0n) is 10.7. The Kier molecular flexibility index (Phi) is 4.47. The molecule has 2 rings (SSSR count). The SMILES string of the molecule is CCOC(=O)Nc1ccc2cc(OC)ccc2c1I. The molecule has 0 radical (unpaired) electrons. The fourth-order valence-corrected chi connectivity index (χ4v) is 2.58. The molecule has 0 bridgehead atoms. The average molecular weight is 371 g/mol. The molecule has 0 saturated carbocycles. The molecular formula is C14H14INO3. The van der Waals surface area contributed by atoms with Crippen LogP contribution in [0.25, 0.3) is 10.8 Å². The third-order valence-corrected chi connectivity index (χ3v) is 3.84. The van der Waals surface area contributed by atoms with Crippen LogP contribution in [0, 0.1) is 3.57 Å². The third-order valence-electron chi connectivity index (χ3n) is 2.67. The lowest BCUT2D eigenvalue weighted by atomic mass is 10.1. The first-order chi connectivity index (χ1) is 9.15. The lowest BCUT2D eigenvalue weighted by molar-refractivity contribution is 0.168. The number of halogens is 1. The monoisotopic (exact) mass is 371 g/mol. The van der Waals surface area contributed by atoms with Crippen LogP contribution in [0.2, 0.25) is 0 Å². The molecule has 0 aliphatic heterocycles. The molecule has 0 spiro atoms. The summed E-state index contributed by atoms with van der Waals surface area (Å²) in [4.78, 5) is 11.4. The van der Waals surface area contributed by atoms with E-state index < -0.39 is 6.09 Å².